The summed E-state index contributed by atoms with van der Waals surface area (Å²) < 4.78 is 42.3. The highest BCUT2D eigenvalue weighted by Crippen LogP contribution is 2.45. The lowest BCUT2D eigenvalue weighted by Crippen LogP contribution is -2.37. The summed E-state index contributed by atoms with van der Waals surface area (Å²) in [7, 11) is -2.17. The summed E-state index contributed by atoms with van der Waals surface area (Å²) in [4.78, 5) is 17.8. The number of hydrogen-bond acceptors (Lipinski definition) is 5. The average Bonchev–Trinajstić information content (AvgIpc) is 3.04. The van der Waals surface area contributed by atoms with E-state index >= 15 is 0 Å². The number of anilines is 3. The summed E-state index contributed by atoms with van der Waals surface area (Å²) in [5.41, 5.74) is 2.32. The second kappa shape index (κ2) is 8.47. The molecule has 0 radical (unpaired) electrons. The van der Waals surface area contributed by atoms with Crippen LogP contribution in [0.15, 0.2) is 65.6 Å². The Labute approximate surface area is 192 Å². The fraction of sp³-hybridized carbons (Fsp3) is 0.250. The second-order valence-corrected chi connectivity index (χ2v) is 9.95. The van der Waals surface area contributed by atoms with Gasteiger partial charge in [-0.15, -0.1) is 0 Å². The van der Waals surface area contributed by atoms with E-state index in [-0.39, 0.29) is 11.3 Å². The van der Waals surface area contributed by atoms with E-state index in [1.165, 1.54) is 34.6 Å². The Balaban J connectivity index is 1.69. The molecule has 0 spiro atoms. The van der Waals surface area contributed by atoms with Crippen molar-refractivity contribution in [2.24, 2.45) is 0 Å². The van der Waals surface area contributed by atoms with Crippen molar-refractivity contribution < 1.29 is 22.7 Å². The van der Waals surface area contributed by atoms with E-state index in [0.717, 1.165) is 17.2 Å². The second-order valence-electron chi connectivity index (χ2n) is 8.14. The molecule has 0 aliphatic carbocycles. The van der Waals surface area contributed by atoms with Crippen LogP contribution in [0.4, 0.5) is 21.6 Å². The summed E-state index contributed by atoms with van der Waals surface area (Å²) in [5.74, 6) is -1.53. The number of aryl methyl sites for hydroxylation is 1. The van der Waals surface area contributed by atoms with Gasteiger partial charge in [0.05, 0.1) is 23.0 Å². The van der Waals surface area contributed by atoms with Crippen LogP contribution in [0, 0.1) is 12.7 Å². The number of carbonyl (C=O) groups is 1. The van der Waals surface area contributed by atoms with Crippen LogP contribution >= 0.6 is 0 Å². The normalized spacial score (nSPS) is 17.6. The van der Waals surface area contributed by atoms with E-state index in [0.29, 0.717) is 11.3 Å². The van der Waals surface area contributed by atoms with Crippen molar-refractivity contribution in [1.29, 1.82) is 0 Å². The zero-order valence-electron chi connectivity index (χ0n) is 18.4. The number of fused-ring (bicyclic) bond motifs is 1. The van der Waals surface area contributed by atoms with Gasteiger partial charge in [0.25, 0.3) is 10.0 Å². The van der Waals surface area contributed by atoms with Gasteiger partial charge in [-0.25, -0.2) is 17.8 Å². The van der Waals surface area contributed by atoms with Crippen molar-refractivity contribution in [2.75, 3.05) is 16.3 Å². The van der Waals surface area contributed by atoms with Crippen LogP contribution in [0.1, 0.15) is 30.5 Å². The highest BCUT2D eigenvalue weighted by Gasteiger charge is 2.43. The van der Waals surface area contributed by atoms with E-state index in [2.05, 4.69) is 4.98 Å². The van der Waals surface area contributed by atoms with Crippen LogP contribution in [0.25, 0.3) is 0 Å². The Hall–Kier alpha value is -3.46. The van der Waals surface area contributed by atoms with Gasteiger partial charge in [0.1, 0.15) is 11.6 Å². The number of hydrogen-bond donors (Lipinski definition) is 1. The molecule has 3 aromatic rings. The summed E-state index contributed by atoms with van der Waals surface area (Å²) in [6.45, 7) is 3.54. The SMILES string of the molecule is Cc1cccc(N(C)c2ccc(S(=O)(=O)N3c4ccc(F)cc4C(CC(=O)O)C3C)cc2)n1. The van der Waals surface area contributed by atoms with E-state index in [1.807, 2.05) is 37.1 Å². The molecule has 9 heteroatoms. The number of nitrogens with zero attached hydrogens (tertiary/aromatic N) is 3. The van der Waals surface area contributed by atoms with Gasteiger partial charge in [-0.3, -0.25) is 9.10 Å². The molecule has 0 saturated heterocycles. The third-order valence-electron chi connectivity index (χ3n) is 5.97. The summed E-state index contributed by atoms with van der Waals surface area (Å²) in [5, 5.41) is 9.31. The number of sulfonamides is 1. The average molecular weight is 470 g/mol. The Morgan fingerprint density at radius 3 is 2.48 bits per heavy atom. The van der Waals surface area contributed by atoms with E-state index in [1.54, 1.807) is 19.1 Å². The molecule has 2 heterocycles. The summed E-state index contributed by atoms with van der Waals surface area (Å²) >= 11 is 0. The molecule has 1 aliphatic rings. The monoisotopic (exact) mass is 469 g/mol. The maximum atomic E-state index is 13.9. The Morgan fingerprint density at radius 2 is 1.85 bits per heavy atom. The molecule has 2 unspecified atom stereocenters. The maximum Gasteiger partial charge on any atom is 0.304 e. The molecule has 0 bridgehead atoms. The first kappa shape index (κ1) is 22.7. The van der Waals surface area contributed by atoms with Gasteiger partial charge in [0.2, 0.25) is 0 Å². The van der Waals surface area contributed by atoms with Crippen LogP contribution in [-0.4, -0.2) is 37.6 Å². The van der Waals surface area contributed by atoms with E-state index < -0.39 is 33.8 Å². The molecule has 0 amide bonds. The largest absolute Gasteiger partial charge is 0.481 e. The number of carboxylic acid groups (broad SMARTS) is 1. The van der Waals surface area contributed by atoms with Crippen molar-refractivity contribution in [3.8, 4) is 0 Å². The zero-order valence-corrected chi connectivity index (χ0v) is 19.3. The number of benzene rings is 2. The highest BCUT2D eigenvalue weighted by atomic mass is 32.2. The van der Waals surface area contributed by atoms with Gasteiger partial charge < -0.3 is 10.0 Å². The van der Waals surface area contributed by atoms with Gasteiger partial charge in [0, 0.05) is 24.3 Å². The molecule has 0 fully saturated rings. The van der Waals surface area contributed by atoms with Gasteiger partial charge in [-0.05, 0) is 74.0 Å². The lowest BCUT2D eigenvalue weighted by Gasteiger charge is -2.27. The maximum absolute atomic E-state index is 13.9. The van der Waals surface area contributed by atoms with Crippen LogP contribution in [0.5, 0.6) is 0 Å². The lowest BCUT2D eigenvalue weighted by molar-refractivity contribution is -0.137. The Kier molecular flexibility index (Phi) is 5.84. The van der Waals surface area contributed by atoms with Crippen molar-refractivity contribution >= 4 is 33.2 Å². The number of pyridine rings is 1. The predicted octanol–water partition coefficient (Wildman–Crippen LogP) is 4.45. The molecule has 2 atom stereocenters. The molecular formula is C24H24FN3O4S. The van der Waals surface area contributed by atoms with Crippen molar-refractivity contribution in [3.05, 3.63) is 77.7 Å². The zero-order chi connectivity index (χ0) is 23.9. The fourth-order valence-corrected chi connectivity index (χ4v) is 6.00. The van der Waals surface area contributed by atoms with Gasteiger partial charge in [-0.1, -0.05) is 6.07 Å². The molecule has 1 N–H and O–H groups in total. The highest BCUT2D eigenvalue weighted by molar-refractivity contribution is 7.92. The molecule has 33 heavy (non-hydrogen) atoms. The van der Waals surface area contributed by atoms with E-state index in [4.69, 9.17) is 0 Å². The first-order chi connectivity index (χ1) is 15.6. The van der Waals surface area contributed by atoms with Gasteiger partial charge in [0.15, 0.2) is 0 Å². The molecule has 2 aromatic carbocycles. The van der Waals surface area contributed by atoms with Gasteiger partial charge >= 0.3 is 5.97 Å². The topological polar surface area (TPSA) is 90.8 Å². The first-order valence-corrected chi connectivity index (χ1v) is 11.9. The van der Waals surface area contributed by atoms with Crippen molar-refractivity contribution in [1.82, 2.24) is 4.98 Å². The third kappa shape index (κ3) is 4.16. The third-order valence-corrected chi connectivity index (χ3v) is 7.89. The molecule has 0 saturated carbocycles. The smallest absolute Gasteiger partial charge is 0.304 e. The number of halogens is 1. The minimum absolute atomic E-state index is 0.0648. The lowest BCUT2D eigenvalue weighted by atomic mass is 9.93. The van der Waals surface area contributed by atoms with Crippen molar-refractivity contribution in [2.45, 2.75) is 37.1 Å². The number of rotatable bonds is 6. The van der Waals surface area contributed by atoms with Gasteiger partial charge in [-0.2, -0.15) is 0 Å². The fourth-order valence-electron chi connectivity index (χ4n) is 4.29. The van der Waals surface area contributed by atoms with Crippen LogP contribution in [0.3, 0.4) is 0 Å². The molecular weight excluding hydrogens is 445 g/mol. The van der Waals surface area contributed by atoms with Crippen molar-refractivity contribution in [3.63, 3.8) is 0 Å². The molecule has 4 rings (SSSR count). The van der Waals surface area contributed by atoms with Crippen LogP contribution in [-0.2, 0) is 14.8 Å². The quantitative estimate of drug-likeness (QED) is 0.574. The molecule has 172 valence electrons. The summed E-state index contributed by atoms with van der Waals surface area (Å²) in [6.07, 6.45) is -0.295. The molecule has 7 nitrogen and oxygen atoms in total. The minimum Gasteiger partial charge on any atom is -0.481 e. The summed E-state index contributed by atoms with van der Waals surface area (Å²) in [6, 6.07) is 15.2. The standard InChI is InChI=1S/C24H24FN3O4S/c1-15-5-4-6-23(26-15)27(3)18-8-10-19(11-9-18)33(31,32)28-16(2)20(14-24(29)30)21-13-17(25)7-12-22(21)28/h4-13,16,20H,14H2,1-3H3,(H,29,30). The predicted molar refractivity (Wildman–Crippen MR) is 124 cm³/mol. The number of aliphatic carboxylic acids is 1. The van der Waals surface area contributed by atoms with Crippen LogP contribution < -0.4 is 9.21 Å². The first-order valence-electron chi connectivity index (χ1n) is 10.4. The molecule has 1 aromatic heterocycles. The molecule has 1 aliphatic heterocycles. The number of carboxylic acids is 1. The van der Waals surface area contributed by atoms with Crippen LogP contribution in [0.2, 0.25) is 0 Å². The Bertz CT molecular complexity index is 1310. The van der Waals surface area contributed by atoms with E-state index in [9.17, 15) is 22.7 Å². The Morgan fingerprint density at radius 1 is 1.15 bits per heavy atom. The number of aromatic nitrogens is 1. The minimum atomic E-state index is -4.01.